The molecule has 2 aliphatic rings. The van der Waals surface area contributed by atoms with Gasteiger partial charge in [-0.3, -0.25) is 9.59 Å². The molecule has 3 N–H and O–H groups in total. The van der Waals surface area contributed by atoms with Gasteiger partial charge in [-0.05, 0) is 28.8 Å². The fraction of sp³-hybridized carbons (Fsp3) is 0.263. The number of halogens is 1. The number of rotatable bonds is 2. The molecule has 1 unspecified atom stereocenters. The SMILES string of the molecule is O=C1CC(C(=O)N[C@H]2c3ccccc3C[C@H]2O)c2ccc(F)cc2N1. The monoisotopic (exact) mass is 340 g/mol. The highest BCUT2D eigenvalue weighted by molar-refractivity contribution is 6.01. The van der Waals surface area contributed by atoms with Crippen molar-refractivity contribution in [1.29, 1.82) is 0 Å². The van der Waals surface area contributed by atoms with Crippen molar-refractivity contribution < 1.29 is 19.1 Å². The maximum absolute atomic E-state index is 13.4. The Kier molecular flexibility index (Phi) is 3.77. The van der Waals surface area contributed by atoms with Crippen LogP contribution < -0.4 is 10.6 Å². The minimum absolute atomic E-state index is 0.00503. The van der Waals surface area contributed by atoms with Crippen molar-refractivity contribution in [2.45, 2.75) is 30.9 Å². The van der Waals surface area contributed by atoms with E-state index in [0.717, 1.165) is 11.1 Å². The third-order valence-corrected chi connectivity index (χ3v) is 4.87. The first-order valence-electron chi connectivity index (χ1n) is 8.18. The standard InChI is InChI=1S/C19H17FN2O3/c20-11-5-6-13-14(9-17(24)21-15(13)8-11)19(25)22-18-12-4-2-1-3-10(12)7-16(18)23/h1-6,8,14,16,18,23H,7,9H2,(H,21,24)(H,22,25)/t14?,16-,18+/m1/s1. The van der Waals surface area contributed by atoms with E-state index in [9.17, 15) is 19.1 Å². The number of aliphatic hydroxyl groups is 1. The molecule has 2 aromatic carbocycles. The molecule has 0 saturated heterocycles. The number of carbonyl (C=O) groups is 2. The zero-order valence-electron chi connectivity index (χ0n) is 13.3. The summed E-state index contributed by atoms with van der Waals surface area (Å²) in [7, 11) is 0. The van der Waals surface area contributed by atoms with Gasteiger partial charge in [0.05, 0.1) is 18.1 Å². The summed E-state index contributed by atoms with van der Waals surface area (Å²) in [5.41, 5.74) is 2.80. The minimum Gasteiger partial charge on any atom is -0.390 e. The molecule has 25 heavy (non-hydrogen) atoms. The van der Waals surface area contributed by atoms with Crippen LogP contribution in [0, 0.1) is 5.82 Å². The lowest BCUT2D eigenvalue weighted by Gasteiger charge is -2.27. The lowest BCUT2D eigenvalue weighted by molar-refractivity contribution is -0.127. The number of amides is 2. The summed E-state index contributed by atoms with van der Waals surface area (Å²) in [6.07, 6.45) is -0.227. The fourth-order valence-corrected chi connectivity index (χ4v) is 3.67. The third kappa shape index (κ3) is 2.78. The number of anilines is 1. The molecule has 0 aromatic heterocycles. The number of hydrogen-bond acceptors (Lipinski definition) is 3. The van der Waals surface area contributed by atoms with Crippen molar-refractivity contribution in [3.8, 4) is 0 Å². The summed E-state index contributed by atoms with van der Waals surface area (Å²) >= 11 is 0. The van der Waals surface area contributed by atoms with Crippen LogP contribution in [0.1, 0.15) is 35.1 Å². The van der Waals surface area contributed by atoms with Crippen molar-refractivity contribution in [3.63, 3.8) is 0 Å². The number of hydrogen-bond donors (Lipinski definition) is 3. The predicted octanol–water partition coefficient (Wildman–Crippen LogP) is 2.03. The normalized spacial score (nSPS) is 24.2. The molecule has 0 spiro atoms. The van der Waals surface area contributed by atoms with E-state index in [2.05, 4.69) is 10.6 Å². The summed E-state index contributed by atoms with van der Waals surface area (Å²) in [5, 5.41) is 15.8. The molecule has 1 aliphatic heterocycles. The topological polar surface area (TPSA) is 78.4 Å². The van der Waals surface area contributed by atoms with Gasteiger partial charge in [-0.1, -0.05) is 30.3 Å². The van der Waals surface area contributed by atoms with Gasteiger partial charge in [0.15, 0.2) is 0 Å². The smallest absolute Gasteiger partial charge is 0.228 e. The second-order valence-corrected chi connectivity index (χ2v) is 6.49. The molecule has 2 amide bonds. The van der Waals surface area contributed by atoms with Crippen LogP contribution in [0.2, 0.25) is 0 Å². The Hall–Kier alpha value is -2.73. The molecular formula is C19H17FN2O3. The summed E-state index contributed by atoms with van der Waals surface area (Å²) in [5.74, 6) is -1.85. The number of benzene rings is 2. The maximum atomic E-state index is 13.4. The van der Waals surface area contributed by atoms with Gasteiger partial charge in [0.1, 0.15) is 5.82 Å². The number of aliphatic hydroxyl groups excluding tert-OH is 1. The first-order valence-corrected chi connectivity index (χ1v) is 8.18. The van der Waals surface area contributed by atoms with Crippen LogP contribution in [0.3, 0.4) is 0 Å². The van der Waals surface area contributed by atoms with E-state index >= 15 is 0 Å². The summed E-state index contributed by atoms with van der Waals surface area (Å²) in [6, 6.07) is 11.1. The molecule has 0 fully saturated rings. The van der Waals surface area contributed by atoms with Crippen LogP contribution in [0.5, 0.6) is 0 Å². The lowest BCUT2D eigenvalue weighted by atomic mass is 9.89. The van der Waals surface area contributed by atoms with E-state index in [4.69, 9.17) is 0 Å². The predicted molar refractivity (Wildman–Crippen MR) is 89.4 cm³/mol. The maximum Gasteiger partial charge on any atom is 0.228 e. The van der Waals surface area contributed by atoms with Crippen molar-refractivity contribution in [1.82, 2.24) is 5.32 Å². The molecule has 3 atom stereocenters. The van der Waals surface area contributed by atoms with Crippen LogP contribution in [0.4, 0.5) is 10.1 Å². The zero-order valence-corrected chi connectivity index (χ0v) is 13.3. The van der Waals surface area contributed by atoms with Crippen molar-refractivity contribution in [2.24, 2.45) is 0 Å². The average molecular weight is 340 g/mol. The Bertz CT molecular complexity index is 867. The van der Waals surface area contributed by atoms with Crippen molar-refractivity contribution >= 4 is 17.5 Å². The molecular weight excluding hydrogens is 323 g/mol. The molecule has 5 nitrogen and oxygen atoms in total. The molecule has 0 bridgehead atoms. The van der Waals surface area contributed by atoms with E-state index in [-0.39, 0.29) is 18.2 Å². The van der Waals surface area contributed by atoms with Gasteiger partial charge < -0.3 is 15.7 Å². The number of carbonyl (C=O) groups excluding carboxylic acids is 2. The Balaban J connectivity index is 1.61. The van der Waals surface area contributed by atoms with Crippen molar-refractivity contribution in [3.05, 3.63) is 65.0 Å². The molecule has 0 saturated carbocycles. The molecule has 1 heterocycles. The summed E-state index contributed by atoms with van der Waals surface area (Å²) < 4.78 is 13.4. The van der Waals surface area contributed by atoms with E-state index in [1.807, 2.05) is 24.3 Å². The molecule has 4 rings (SSSR count). The number of nitrogens with one attached hydrogen (secondary N) is 2. The fourth-order valence-electron chi connectivity index (χ4n) is 3.67. The molecule has 2 aromatic rings. The second kappa shape index (κ2) is 5.97. The van der Waals surface area contributed by atoms with Crippen LogP contribution in [0.25, 0.3) is 0 Å². The highest BCUT2D eigenvalue weighted by Crippen LogP contribution is 2.35. The van der Waals surface area contributed by atoms with Gasteiger partial charge in [-0.25, -0.2) is 4.39 Å². The van der Waals surface area contributed by atoms with Crippen LogP contribution >= 0.6 is 0 Å². The van der Waals surface area contributed by atoms with E-state index < -0.39 is 23.9 Å². The average Bonchev–Trinajstić information content (AvgIpc) is 2.89. The van der Waals surface area contributed by atoms with E-state index in [1.54, 1.807) is 0 Å². The van der Waals surface area contributed by atoms with Gasteiger partial charge >= 0.3 is 0 Å². The van der Waals surface area contributed by atoms with Crippen LogP contribution in [-0.4, -0.2) is 23.0 Å². The van der Waals surface area contributed by atoms with Gasteiger partial charge in [0.2, 0.25) is 11.8 Å². The van der Waals surface area contributed by atoms with Crippen LogP contribution in [-0.2, 0) is 16.0 Å². The van der Waals surface area contributed by atoms with Gasteiger partial charge in [-0.15, -0.1) is 0 Å². The van der Waals surface area contributed by atoms with Gasteiger partial charge in [-0.2, -0.15) is 0 Å². The molecule has 1 aliphatic carbocycles. The minimum atomic E-state index is -0.704. The van der Waals surface area contributed by atoms with E-state index in [0.29, 0.717) is 17.7 Å². The highest BCUT2D eigenvalue weighted by atomic mass is 19.1. The van der Waals surface area contributed by atoms with Crippen LogP contribution in [0.15, 0.2) is 42.5 Å². The van der Waals surface area contributed by atoms with Gasteiger partial charge in [0.25, 0.3) is 0 Å². The summed E-state index contributed by atoms with van der Waals surface area (Å²) in [4.78, 5) is 24.7. The first-order chi connectivity index (χ1) is 12.0. The molecule has 6 heteroatoms. The summed E-state index contributed by atoms with van der Waals surface area (Å²) in [6.45, 7) is 0. The van der Waals surface area contributed by atoms with Gasteiger partial charge in [0, 0.05) is 18.5 Å². The Morgan fingerprint density at radius 1 is 1.16 bits per heavy atom. The second-order valence-electron chi connectivity index (χ2n) is 6.49. The highest BCUT2D eigenvalue weighted by Gasteiger charge is 2.36. The van der Waals surface area contributed by atoms with Crippen molar-refractivity contribution in [2.75, 3.05) is 5.32 Å². The zero-order chi connectivity index (χ0) is 17.6. The third-order valence-electron chi connectivity index (χ3n) is 4.87. The first kappa shape index (κ1) is 15.8. The lowest BCUT2D eigenvalue weighted by Crippen LogP contribution is -2.39. The Morgan fingerprint density at radius 3 is 2.80 bits per heavy atom. The quantitative estimate of drug-likeness (QED) is 0.783. The molecule has 0 radical (unpaired) electrons. The Labute approximate surface area is 143 Å². The largest absolute Gasteiger partial charge is 0.390 e. The van der Waals surface area contributed by atoms with E-state index in [1.165, 1.54) is 18.2 Å². The number of fused-ring (bicyclic) bond motifs is 2. The Morgan fingerprint density at radius 2 is 1.96 bits per heavy atom. The molecule has 128 valence electrons.